The first-order valence-corrected chi connectivity index (χ1v) is 6.65. The maximum absolute atomic E-state index is 11.7. The summed E-state index contributed by atoms with van der Waals surface area (Å²) in [6.45, 7) is 6.01. The van der Waals surface area contributed by atoms with E-state index in [4.69, 9.17) is 0 Å². The Hall–Kier alpha value is -0.730. The summed E-state index contributed by atoms with van der Waals surface area (Å²) >= 11 is 0. The van der Waals surface area contributed by atoms with Crippen molar-refractivity contribution in [2.45, 2.75) is 57.9 Å². The van der Waals surface area contributed by atoms with Crippen LogP contribution in [-0.4, -0.2) is 29.6 Å². The molecule has 1 aliphatic heterocycles. The third-order valence-electron chi connectivity index (χ3n) is 4.13. The number of rotatable bonds is 3. The van der Waals surface area contributed by atoms with Crippen LogP contribution < -0.4 is 5.32 Å². The Balaban J connectivity index is 1.82. The second kappa shape index (κ2) is 4.64. The van der Waals surface area contributed by atoms with Crippen LogP contribution in [0, 0.1) is 5.92 Å². The second-order valence-electron chi connectivity index (χ2n) is 5.92. The molecular weight excluding hydrogens is 200 g/mol. The molecule has 2 rings (SSSR count). The average molecular weight is 224 g/mol. The molecule has 3 nitrogen and oxygen atoms in total. The minimum absolute atomic E-state index is 0.00570. The fourth-order valence-electron chi connectivity index (χ4n) is 2.95. The minimum atomic E-state index is 0.00570. The zero-order chi connectivity index (χ0) is 11.6. The van der Waals surface area contributed by atoms with Crippen molar-refractivity contribution >= 4 is 6.03 Å². The molecule has 1 saturated heterocycles. The summed E-state index contributed by atoms with van der Waals surface area (Å²) in [6, 6.07) is 0.126. The van der Waals surface area contributed by atoms with Crippen molar-refractivity contribution in [1.29, 1.82) is 0 Å². The zero-order valence-electron chi connectivity index (χ0n) is 10.6. The highest BCUT2D eigenvalue weighted by Crippen LogP contribution is 2.28. The van der Waals surface area contributed by atoms with Gasteiger partial charge in [-0.25, -0.2) is 4.79 Å². The largest absolute Gasteiger partial charge is 0.336 e. The zero-order valence-corrected chi connectivity index (χ0v) is 10.6. The van der Waals surface area contributed by atoms with Gasteiger partial charge in [-0.1, -0.05) is 32.1 Å². The summed E-state index contributed by atoms with van der Waals surface area (Å²) in [6.07, 6.45) is 8.12. The standard InChI is InChI=1S/C13H24N2O/c1-13(2)10-14-12(16)15(13)9-8-11-6-4-3-5-7-11/h11H,3-10H2,1-2H3,(H,14,16). The van der Waals surface area contributed by atoms with Crippen LogP contribution in [0.3, 0.4) is 0 Å². The summed E-state index contributed by atoms with van der Waals surface area (Å²) in [5, 5.41) is 2.93. The molecule has 0 aromatic heterocycles. The first-order valence-electron chi connectivity index (χ1n) is 6.65. The molecule has 1 aliphatic carbocycles. The molecule has 0 spiro atoms. The van der Waals surface area contributed by atoms with Crippen molar-refractivity contribution in [1.82, 2.24) is 10.2 Å². The Labute approximate surface area is 98.6 Å². The highest BCUT2D eigenvalue weighted by molar-refractivity contribution is 5.77. The third-order valence-corrected chi connectivity index (χ3v) is 4.13. The van der Waals surface area contributed by atoms with Crippen LogP contribution >= 0.6 is 0 Å². The predicted molar refractivity (Wildman–Crippen MR) is 65.4 cm³/mol. The van der Waals surface area contributed by atoms with E-state index in [2.05, 4.69) is 19.2 Å². The van der Waals surface area contributed by atoms with Gasteiger partial charge in [0.05, 0.1) is 5.54 Å². The highest BCUT2D eigenvalue weighted by atomic mass is 16.2. The minimum Gasteiger partial charge on any atom is -0.336 e. The van der Waals surface area contributed by atoms with Crippen molar-refractivity contribution in [3.63, 3.8) is 0 Å². The van der Waals surface area contributed by atoms with Crippen molar-refractivity contribution in [3.05, 3.63) is 0 Å². The fourth-order valence-corrected chi connectivity index (χ4v) is 2.95. The van der Waals surface area contributed by atoms with Crippen LogP contribution in [0.25, 0.3) is 0 Å². The van der Waals surface area contributed by atoms with Crippen LogP contribution in [0.2, 0.25) is 0 Å². The van der Waals surface area contributed by atoms with Gasteiger partial charge in [-0.2, -0.15) is 0 Å². The molecule has 0 atom stereocenters. The van der Waals surface area contributed by atoms with Crippen LogP contribution in [0.5, 0.6) is 0 Å². The number of urea groups is 1. The van der Waals surface area contributed by atoms with Crippen LogP contribution in [0.15, 0.2) is 0 Å². The molecule has 1 heterocycles. The molecule has 92 valence electrons. The first kappa shape index (κ1) is 11.7. The summed E-state index contributed by atoms with van der Waals surface area (Å²) in [7, 11) is 0. The number of carbonyl (C=O) groups is 1. The summed E-state index contributed by atoms with van der Waals surface area (Å²) in [4.78, 5) is 13.7. The number of carbonyl (C=O) groups excluding carboxylic acids is 1. The van der Waals surface area contributed by atoms with Gasteiger partial charge < -0.3 is 10.2 Å². The highest BCUT2D eigenvalue weighted by Gasteiger charge is 2.37. The van der Waals surface area contributed by atoms with E-state index in [1.807, 2.05) is 4.90 Å². The van der Waals surface area contributed by atoms with Crippen molar-refractivity contribution < 1.29 is 4.79 Å². The monoisotopic (exact) mass is 224 g/mol. The van der Waals surface area contributed by atoms with Gasteiger partial charge in [0, 0.05) is 13.1 Å². The van der Waals surface area contributed by atoms with Gasteiger partial charge in [0.25, 0.3) is 0 Å². The molecule has 3 heteroatoms. The van der Waals surface area contributed by atoms with Crippen molar-refractivity contribution in [3.8, 4) is 0 Å². The van der Waals surface area contributed by atoms with Gasteiger partial charge in [0.2, 0.25) is 0 Å². The van der Waals surface area contributed by atoms with E-state index in [1.54, 1.807) is 0 Å². The molecule has 2 aliphatic rings. The lowest BCUT2D eigenvalue weighted by Gasteiger charge is -2.32. The smallest absolute Gasteiger partial charge is 0.317 e. The van der Waals surface area contributed by atoms with E-state index in [9.17, 15) is 4.79 Å². The first-order chi connectivity index (χ1) is 7.59. The van der Waals surface area contributed by atoms with Gasteiger partial charge in [-0.3, -0.25) is 0 Å². The number of hydrogen-bond donors (Lipinski definition) is 1. The van der Waals surface area contributed by atoms with E-state index in [0.717, 1.165) is 19.0 Å². The van der Waals surface area contributed by atoms with Crippen LogP contribution in [0.4, 0.5) is 4.79 Å². The lowest BCUT2D eigenvalue weighted by atomic mass is 9.86. The van der Waals surface area contributed by atoms with Gasteiger partial charge in [0.1, 0.15) is 0 Å². The van der Waals surface area contributed by atoms with Crippen molar-refractivity contribution in [2.75, 3.05) is 13.1 Å². The quantitative estimate of drug-likeness (QED) is 0.785. The Morgan fingerprint density at radius 1 is 1.31 bits per heavy atom. The second-order valence-corrected chi connectivity index (χ2v) is 5.92. The number of hydrogen-bond acceptors (Lipinski definition) is 1. The van der Waals surface area contributed by atoms with E-state index in [1.165, 1.54) is 38.5 Å². The van der Waals surface area contributed by atoms with E-state index in [-0.39, 0.29) is 11.6 Å². The van der Waals surface area contributed by atoms with Gasteiger partial charge >= 0.3 is 6.03 Å². The summed E-state index contributed by atoms with van der Waals surface area (Å²) in [5.74, 6) is 0.859. The average Bonchev–Trinajstić information content (AvgIpc) is 2.52. The Morgan fingerprint density at radius 3 is 2.56 bits per heavy atom. The van der Waals surface area contributed by atoms with E-state index < -0.39 is 0 Å². The Kier molecular flexibility index (Phi) is 3.41. The molecule has 16 heavy (non-hydrogen) atoms. The molecule has 2 amide bonds. The Morgan fingerprint density at radius 2 is 2.00 bits per heavy atom. The van der Waals surface area contributed by atoms with E-state index in [0.29, 0.717) is 0 Å². The lowest BCUT2D eigenvalue weighted by molar-refractivity contribution is 0.165. The molecule has 0 bridgehead atoms. The third kappa shape index (κ3) is 2.50. The SMILES string of the molecule is CC1(C)CNC(=O)N1CCC1CCCCC1. The van der Waals surface area contributed by atoms with Crippen LogP contribution in [0.1, 0.15) is 52.4 Å². The van der Waals surface area contributed by atoms with Gasteiger partial charge in [-0.15, -0.1) is 0 Å². The molecule has 0 radical (unpaired) electrons. The molecule has 1 saturated carbocycles. The molecule has 1 N–H and O–H groups in total. The molecule has 2 fully saturated rings. The molecule has 0 aromatic carbocycles. The number of amides is 2. The van der Waals surface area contributed by atoms with Gasteiger partial charge in [-0.05, 0) is 26.2 Å². The lowest BCUT2D eigenvalue weighted by Crippen LogP contribution is -2.43. The summed E-state index contributed by atoms with van der Waals surface area (Å²) < 4.78 is 0. The van der Waals surface area contributed by atoms with E-state index >= 15 is 0 Å². The predicted octanol–water partition coefficient (Wildman–Crippen LogP) is 2.76. The summed E-state index contributed by atoms with van der Waals surface area (Å²) in [5.41, 5.74) is 0.00570. The van der Waals surface area contributed by atoms with Crippen LogP contribution in [-0.2, 0) is 0 Å². The number of nitrogens with one attached hydrogen (secondary N) is 1. The fraction of sp³-hybridized carbons (Fsp3) is 0.923. The van der Waals surface area contributed by atoms with Gasteiger partial charge in [0.15, 0.2) is 0 Å². The maximum atomic E-state index is 11.7. The number of nitrogens with zero attached hydrogens (tertiary/aromatic N) is 1. The van der Waals surface area contributed by atoms with Crippen molar-refractivity contribution in [2.24, 2.45) is 5.92 Å². The molecule has 0 aromatic rings. The maximum Gasteiger partial charge on any atom is 0.317 e. The molecular formula is C13H24N2O. The topological polar surface area (TPSA) is 32.3 Å². The normalized spacial score (nSPS) is 25.9. The molecule has 0 unspecified atom stereocenters. The Bertz CT molecular complexity index is 257.